The minimum atomic E-state index is -3.57. The van der Waals surface area contributed by atoms with Crippen LogP contribution in [0.3, 0.4) is 0 Å². The fourth-order valence-electron chi connectivity index (χ4n) is 5.07. The molecule has 0 bridgehead atoms. The maximum atomic E-state index is 15.5. The van der Waals surface area contributed by atoms with E-state index in [1.54, 1.807) is 17.0 Å². The number of piperidine rings is 1. The highest BCUT2D eigenvalue weighted by atomic mass is 32.2. The molecular formula is C23H23F3N2O4S. The van der Waals surface area contributed by atoms with Crippen LogP contribution in [-0.4, -0.2) is 56.3 Å². The molecule has 2 heterocycles. The van der Waals surface area contributed by atoms with E-state index in [1.165, 1.54) is 6.07 Å². The zero-order valence-corrected chi connectivity index (χ0v) is 18.6. The predicted molar refractivity (Wildman–Crippen MR) is 114 cm³/mol. The number of benzene rings is 2. The van der Waals surface area contributed by atoms with Crippen molar-refractivity contribution in [2.45, 2.75) is 43.5 Å². The van der Waals surface area contributed by atoms with Gasteiger partial charge in [0.1, 0.15) is 23.6 Å². The molecule has 5 atom stereocenters. The molecule has 0 spiro atoms. The molecule has 2 aliphatic heterocycles. The minimum absolute atomic E-state index is 0.0295. The lowest BCUT2D eigenvalue weighted by Crippen LogP contribution is -2.54. The van der Waals surface area contributed by atoms with E-state index in [2.05, 4.69) is 4.72 Å². The summed E-state index contributed by atoms with van der Waals surface area (Å²) < 4.78 is 74.9. The van der Waals surface area contributed by atoms with Crippen molar-refractivity contribution in [1.29, 1.82) is 0 Å². The van der Waals surface area contributed by atoms with Gasteiger partial charge in [0.15, 0.2) is 0 Å². The average molecular weight is 481 g/mol. The Kier molecular flexibility index (Phi) is 5.49. The fraction of sp³-hybridized carbons (Fsp3) is 0.435. The first-order valence-corrected chi connectivity index (χ1v) is 12.7. The summed E-state index contributed by atoms with van der Waals surface area (Å²) in [5.41, 5.74) is 0.320. The lowest BCUT2D eigenvalue weighted by atomic mass is 9.94. The second-order valence-electron chi connectivity index (χ2n) is 8.98. The predicted octanol–water partition coefficient (Wildman–Crippen LogP) is 2.62. The fourth-order valence-corrected chi connectivity index (χ4v) is 5.89. The summed E-state index contributed by atoms with van der Waals surface area (Å²) in [7, 11) is -3.57. The van der Waals surface area contributed by atoms with Gasteiger partial charge in [-0.3, -0.25) is 4.79 Å². The molecule has 176 valence electrons. The smallest absolute Gasteiger partial charge is 0.252 e. The lowest BCUT2D eigenvalue weighted by Gasteiger charge is -2.36. The third-order valence-corrected chi connectivity index (χ3v) is 7.36. The molecule has 0 unspecified atom stereocenters. The van der Waals surface area contributed by atoms with Crippen molar-refractivity contribution in [3.8, 4) is 11.1 Å². The summed E-state index contributed by atoms with van der Waals surface area (Å²) in [6.45, 7) is 0.495. The van der Waals surface area contributed by atoms with Crippen molar-refractivity contribution < 1.29 is 31.1 Å². The average Bonchev–Trinajstić information content (AvgIpc) is 3.39. The molecule has 0 aromatic heterocycles. The SMILES string of the molecule is CS(=O)(=O)N[C@H]1[C@@H]2C[C@@H]2N(C(=O)[C@H]2CCO2)[C@H]1Cc1cccc(-c2cc(F)cc(F)c2)c1F. The quantitative estimate of drug-likeness (QED) is 0.690. The van der Waals surface area contributed by atoms with E-state index >= 15 is 4.39 Å². The molecule has 2 aromatic carbocycles. The van der Waals surface area contributed by atoms with Crippen LogP contribution < -0.4 is 4.72 Å². The van der Waals surface area contributed by atoms with Crippen molar-refractivity contribution in [3.05, 3.63) is 59.4 Å². The number of sulfonamides is 1. The highest BCUT2D eigenvalue weighted by molar-refractivity contribution is 7.88. The molecule has 1 amide bonds. The second kappa shape index (κ2) is 8.11. The van der Waals surface area contributed by atoms with E-state index in [9.17, 15) is 22.0 Å². The molecule has 1 aliphatic carbocycles. The molecule has 33 heavy (non-hydrogen) atoms. The van der Waals surface area contributed by atoms with Crippen LogP contribution in [0.4, 0.5) is 13.2 Å². The number of rotatable bonds is 6. The molecule has 3 fully saturated rings. The van der Waals surface area contributed by atoms with Gasteiger partial charge in [-0.1, -0.05) is 18.2 Å². The molecule has 10 heteroatoms. The van der Waals surface area contributed by atoms with Crippen LogP contribution in [0.1, 0.15) is 18.4 Å². The highest BCUT2D eigenvalue weighted by Crippen LogP contribution is 2.50. The van der Waals surface area contributed by atoms with Crippen LogP contribution in [-0.2, 0) is 26.0 Å². The maximum absolute atomic E-state index is 15.5. The Hall–Kier alpha value is -2.43. The first-order chi connectivity index (χ1) is 15.6. The van der Waals surface area contributed by atoms with Gasteiger partial charge in [0.05, 0.1) is 18.9 Å². The Bertz CT molecular complexity index is 1200. The number of carbonyl (C=O) groups excluding carboxylic acids is 1. The number of amides is 1. The Morgan fingerprint density at radius 1 is 1.18 bits per heavy atom. The second-order valence-corrected chi connectivity index (χ2v) is 10.8. The zero-order valence-electron chi connectivity index (χ0n) is 17.8. The zero-order chi connectivity index (χ0) is 23.5. The Balaban J connectivity index is 1.49. The van der Waals surface area contributed by atoms with Crippen LogP contribution in [0, 0.1) is 23.4 Å². The third kappa shape index (κ3) is 4.27. The highest BCUT2D eigenvalue weighted by Gasteiger charge is 2.61. The van der Waals surface area contributed by atoms with Crippen molar-refractivity contribution in [1.82, 2.24) is 9.62 Å². The number of hydrogen-bond donors (Lipinski definition) is 1. The van der Waals surface area contributed by atoms with Gasteiger partial charge < -0.3 is 9.64 Å². The molecule has 5 rings (SSSR count). The first-order valence-electron chi connectivity index (χ1n) is 10.8. The normalized spacial score (nSPS) is 28.4. The summed E-state index contributed by atoms with van der Waals surface area (Å²) in [4.78, 5) is 14.7. The van der Waals surface area contributed by atoms with Crippen LogP contribution in [0.15, 0.2) is 36.4 Å². The Labute approximate surface area is 189 Å². The molecule has 1 N–H and O–H groups in total. The molecule has 6 nitrogen and oxygen atoms in total. The van der Waals surface area contributed by atoms with Gasteiger partial charge in [0.25, 0.3) is 5.91 Å². The number of nitrogens with zero attached hydrogens (tertiary/aromatic N) is 1. The molecular weight excluding hydrogens is 457 g/mol. The van der Waals surface area contributed by atoms with Crippen molar-refractivity contribution in [3.63, 3.8) is 0 Å². The lowest BCUT2D eigenvalue weighted by molar-refractivity contribution is -0.158. The van der Waals surface area contributed by atoms with E-state index in [0.29, 0.717) is 25.5 Å². The number of fused-ring (bicyclic) bond motifs is 1. The van der Waals surface area contributed by atoms with Gasteiger partial charge in [0.2, 0.25) is 10.0 Å². The van der Waals surface area contributed by atoms with Crippen molar-refractivity contribution in [2.75, 3.05) is 12.9 Å². The van der Waals surface area contributed by atoms with Gasteiger partial charge in [-0.25, -0.2) is 26.3 Å². The van der Waals surface area contributed by atoms with Gasteiger partial charge in [-0.05, 0) is 42.0 Å². The van der Waals surface area contributed by atoms with E-state index in [1.807, 2.05) is 0 Å². The van der Waals surface area contributed by atoms with Gasteiger partial charge in [-0.2, -0.15) is 0 Å². The van der Waals surface area contributed by atoms with E-state index < -0.39 is 45.7 Å². The monoisotopic (exact) mass is 480 g/mol. The molecule has 2 aromatic rings. The Morgan fingerprint density at radius 2 is 1.88 bits per heavy atom. The summed E-state index contributed by atoms with van der Waals surface area (Å²) in [5, 5.41) is 0. The van der Waals surface area contributed by atoms with Crippen LogP contribution in [0.5, 0.6) is 0 Å². The van der Waals surface area contributed by atoms with E-state index in [0.717, 1.165) is 18.4 Å². The number of nitrogens with one attached hydrogen (secondary N) is 1. The first kappa shape index (κ1) is 22.4. The molecule has 2 saturated heterocycles. The number of likely N-dealkylation sites (tertiary alicyclic amines) is 1. The van der Waals surface area contributed by atoms with Gasteiger partial charge >= 0.3 is 0 Å². The van der Waals surface area contributed by atoms with Crippen molar-refractivity contribution in [2.24, 2.45) is 5.92 Å². The number of ether oxygens (including phenoxy) is 1. The molecule has 0 radical (unpaired) electrons. The number of hydrogen-bond acceptors (Lipinski definition) is 4. The number of halogens is 3. The van der Waals surface area contributed by atoms with Crippen LogP contribution in [0.2, 0.25) is 0 Å². The largest absolute Gasteiger partial charge is 0.368 e. The molecule has 1 saturated carbocycles. The summed E-state index contributed by atoms with van der Waals surface area (Å²) in [5.74, 6) is -2.55. The van der Waals surface area contributed by atoms with E-state index in [4.69, 9.17) is 4.74 Å². The summed E-state index contributed by atoms with van der Waals surface area (Å²) in [6, 6.07) is 6.08. The third-order valence-electron chi connectivity index (χ3n) is 6.66. The summed E-state index contributed by atoms with van der Waals surface area (Å²) >= 11 is 0. The van der Waals surface area contributed by atoms with E-state index in [-0.39, 0.29) is 41.0 Å². The van der Waals surface area contributed by atoms with Crippen LogP contribution in [0.25, 0.3) is 11.1 Å². The van der Waals surface area contributed by atoms with Crippen LogP contribution >= 0.6 is 0 Å². The number of carbonyl (C=O) groups is 1. The summed E-state index contributed by atoms with van der Waals surface area (Å²) in [6.07, 6.45) is 1.82. The van der Waals surface area contributed by atoms with Gasteiger partial charge in [0, 0.05) is 30.1 Å². The van der Waals surface area contributed by atoms with Gasteiger partial charge in [-0.15, -0.1) is 0 Å². The molecule has 3 aliphatic rings. The maximum Gasteiger partial charge on any atom is 0.252 e. The topological polar surface area (TPSA) is 75.7 Å². The van der Waals surface area contributed by atoms with Crippen molar-refractivity contribution >= 4 is 15.9 Å². The minimum Gasteiger partial charge on any atom is -0.368 e. The standard InChI is InChI=1S/C23H23F3N2O4S/c1-33(30,31)27-22-17-11-18(17)28(23(29)20-5-6-32-20)19(22)9-12-3-2-4-16(21(12)26)13-7-14(24)10-15(25)8-13/h2-4,7-8,10,17-20,22,27H,5-6,9,11H2,1H3/t17-,18+,19+,20-,22+/m1/s1. The Morgan fingerprint density at radius 3 is 2.48 bits per heavy atom.